The summed E-state index contributed by atoms with van der Waals surface area (Å²) in [4.78, 5) is 0. The minimum absolute atomic E-state index is 0.143. The van der Waals surface area contributed by atoms with E-state index >= 15 is 0 Å². The second-order valence-corrected chi connectivity index (χ2v) is 4.65. The van der Waals surface area contributed by atoms with Gasteiger partial charge in [-0.3, -0.25) is 0 Å². The molecule has 1 heterocycles. The molecule has 0 saturated heterocycles. The van der Waals surface area contributed by atoms with Crippen LogP contribution in [0.2, 0.25) is 5.02 Å². The van der Waals surface area contributed by atoms with Crippen LogP contribution in [-0.2, 0) is 4.74 Å². The maximum Gasteiger partial charge on any atom is 0.173 e. The number of nitrogens with one attached hydrogen (secondary N) is 1. The Bertz CT molecular complexity index is 577. The van der Waals surface area contributed by atoms with Gasteiger partial charge in [0.05, 0.1) is 12.6 Å². The Labute approximate surface area is 120 Å². The zero-order valence-corrected chi connectivity index (χ0v) is 11.9. The minimum Gasteiger partial charge on any atom is -0.383 e. The third-order valence-corrected chi connectivity index (χ3v) is 3.01. The van der Waals surface area contributed by atoms with Crippen LogP contribution >= 0.6 is 11.6 Å². The van der Waals surface area contributed by atoms with Gasteiger partial charge < -0.3 is 10.1 Å². The molecule has 1 unspecified atom stereocenters. The van der Waals surface area contributed by atoms with Gasteiger partial charge in [-0.05, 0) is 35.5 Å². The van der Waals surface area contributed by atoms with Gasteiger partial charge in [-0.1, -0.05) is 11.6 Å². The Morgan fingerprint density at radius 1 is 1.50 bits per heavy atom. The first-order valence-electron chi connectivity index (χ1n) is 6.09. The molecule has 1 N–H and O–H groups in total. The van der Waals surface area contributed by atoms with Gasteiger partial charge >= 0.3 is 0 Å². The third kappa shape index (κ3) is 3.30. The summed E-state index contributed by atoms with van der Waals surface area (Å²) in [6, 6.07) is 4.22. The highest BCUT2D eigenvalue weighted by molar-refractivity contribution is 6.30. The molecule has 0 radical (unpaired) electrons. The predicted molar refractivity (Wildman–Crippen MR) is 72.4 cm³/mol. The van der Waals surface area contributed by atoms with Crippen molar-refractivity contribution in [2.45, 2.75) is 13.0 Å². The van der Waals surface area contributed by atoms with Crippen LogP contribution in [0.3, 0.4) is 0 Å². The van der Waals surface area contributed by atoms with Crippen LogP contribution in [0.4, 0.5) is 4.39 Å². The Morgan fingerprint density at radius 3 is 3.00 bits per heavy atom. The molecule has 8 heteroatoms. The molecular weight excluding hydrogens is 285 g/mol. The molecule has 1 atom stereocenters. The van der Waals surface area contributed by atoms with E-state index in [0.29, 0.717) is 24.0 Å². The lowest BCUT2D eigenvalue weighted by atomic mass is 10.2. The van der Waals surface area contributed by atoms with Gasteiger partial charge in [0.25, 0.3) is 0 Å². The van der Waals surface area contributed by atoms with E-state index in [0.717, 1.165) is 0 Å². The molecule has 1 aromatic heterocycles. The van der Waals surface area contributed by atoms with Crippen molar-refractivity contribution < 1.29 is 9.13 Å². The van der Waals surface area contributed by atoms with Gasteiger partial charge in [-0.2, -0.15) is 4.68 Å². The molecule has 6 nitrogen and oxygen atoms in total. The maximum absolute atomic E-state index is 13.9. The number of halogens is 2. The van der Waals surface area contributed by atoms with E-state index in [2.05, 4.69) is 20.8 Å². The van der Waals surface area contributed by atoms with E-state index in [9.17, 15) is 4.39 Å². The molecule has 0 aliphatic rings. The van der Waals surface area contributed by atoms with Gasteiger partial charge in [0.1, 0.15) is 11.5 Å². The van der Waals surface area contributed by atoms with Crippen molar-refractivity contribution in [3.05, 3.63) is 34.9 Å². The first-order chi connectivity index (χ1) is 9.63. The van der Waals surface area contributed by atoms with Gasteiger partial charge in [-0.15, -0.1) is 5.10 Å². The van der Waals surface area contributed by atoms with Gasteiger partial charge in [0, 0.05) is 18.7 Å². The van der Waals surface area contributed by atoms with E-state index in [1.807, 2.05) is 6.92 Å². The standard InChI is InChI=1S/C12H15ClFN5O/c1-8(15-5-6-20-2)12-16-17-18-19(12)11-4-3-9(13)7-10(11)14/h3-4,7-8,15H,5-6H2,1-2H3. The van der Waals surface area contributed by atoms with Crippen molar-refractivity contribution in [3.63, 3.8) is 0 Å². The molecule has 0 bridgehead atoms. The maximum atomic E-state index is 13.9. The Morgan fingerprint density at radius 2 is 2.30 bits per heavy atom. The summed E-state index contributed by atoms with van der Waals surface area (Å²) >= 11 is 5.74. The molecule has 2 rings (SSSR count). The van der Waals surface area contributed by atoms with Crippen molar-refractivity contribution >= 4 is 11.6 Å². The van der Waals surface area contributed by atoms with E-state index in [1.165, 1.54) is 10.7 Å². The van der Waals surface area contributed by atoms with Crippen LogP contribution in [0.5, 0.6) is 0 Å². The SMILES string of the molecule is COCCNC(C)c1nnnn1-c1ccc(Cl)cc1F. The lowest BCUT2D eigenvalue weighted by molar-refractivity contribution is 0.196. The molecule has 1 aromatic carbocycles. The summed E-state index contributed by atoms with van der Waals surface area (Å²) in [5.41, 5.74) is 0.259. The van der Waals surface area contributed by atoms with Crippen LogP contribution in [0, 0.1) is 5.82 Å². The summed E-state index contributed by atoms with van der Waals surface area (Å²) in [6.45, 7) is 3.11. The van der Waals surface area contributed by atoms with Crippen LogP contribution in [0.1, 0.15) is 18.8 Å². The largest absolute Gasteiger partial charge is 0.383 e. The zero-order valence-electron chi connectivity index (χ0n) is 11.2. The fraction of sp³-hybridized carbons (Fsp3) is 0.417. The first-order valence-corrected chi connectivity index (χ1v) is 6.47. The summed E-state index contributed by atoms with van der Waals surface area (Å²) in [7, 11) is 1.62. The summed E-state index contributed by atoms with van der Waals surface area (Å²) in [5, 5.41) is 14.9. The third-order valence-electron chi connectivity index (χ3n) is 2.78. The first kappa shape index (κ1) is 14.8. The Kier molecular flexibility index (Phi) is 4.99. The molecule has 0 aliphatic heterocycles. The van der Waals surface area contributed by atoms with Crippen molar-refractivity contribution in [2.24, 2.45) is 0 Å². The fourth-order valence-electron chi connectivity index (χ4n) is 1.76. The van der Waals surface area contributed by atoms with E-state index in [1.54, 1.807) is 19.2 Å². The van der Waals surface area contributed by atoms with Crippen LogP contribution in [-0.4, -0.2) is 40.5 Å². The number of benzene rings is 1. The summed E-state index contributed by atoms with van der Waals surface area (Å²) < 4.78 is 20.2. The van der Waals surface area contributed by atoms with E-state index in [-0.39, 0.29) is 11.7 Å². The van der Waals surface area contributed by atoms with Gasteiger partial charge in [0.15, 0.2) is 5.82 Å². The Balaban J connectivity index is 2.23. The van der Waals surface area contributed by atoms with Crippen LogP contribution < -0.4 is 5.32 Å². The molecule has 0 spiro atoms. The highest BCUT2D eigenvalue weighted by Crippen LogP contribution is 2.20. The quantitative estimate of drug-likeness (QED) is 0.823. The molecule has 20 heavy (non-hydrogen) atoms. The van der Waals surface area contributed by atoms with Crippen LogP contribution in [0.15, 0.2) is 18.2 Å². The number of nitrogens with zero attached hydrogens (tertiary/aromatic N) is 4. The monoisotopic (exact) mass is 299 g/mol. The van der Waals surface area contributed by atoms with Gasteiger partial charge in [-0.25, -0.2) is 4.39 Å². The minimum atomic E-state index is -0.477. The number of ether oxygens (including phenoxy) is 1. The number of rotatable bonds is 6. The number of hydrogen-bond acceptors (Lipinski definition) is 5. The smallest absolute Gasteiger partial charge is 0.173 e. The molecule has 0 fully saturated rings. The number of hydrogen-bond donors (Lipinski definition) is 1. The lowest BCUT2D eigenvalue weighted by Crippen LogP contribution is -2.25. The second kappa shape index (κ2) is 6.74. The van der Waals surface area contributed by atoms with E-state index < -0.39 is 5.82 Å². The average molecular weight is 300 g/mol. The van der Waals surface area contributed by atoms with Crippen molar-refractivity contribution in [3.8, 4) is 5.69 Å². The van der Waals surface area contributed by atoms with E-state index in [4.69, 9.17) is 16.3 Å². The second-order valence-electron chi connectivity index (χ2n) is 4.21. The fourth-order valence-corrected chi connectivity index (χ4v) is 1.92. The number of aromatic nitrogens is 4. The van der Waals surface area contributed by atoms with Crippen molar-refractivity contribution in [1.82, 2.24) is 25.5 Å². The van der Waals surface area contributed by atoms with Gasteiger partial charge in [0.2, 0.25) is 0 Å². The molecule has 108 valence electrons. The molecule has 0 amide bonds. The predicted octanol–water partition coefficient (Wildman–Crippen LogP) is 1.75. The molecular formula is C12H15ClFN5O. The lowest BCUT2D eigenvalue weighted by Gasteiger charge is -2.13. The highest BCUT2D eigenvalue weighted by Gasteiger charge is 2.17. The molecule has 0 aliphatic carbocycles. The molecule has 0 saturated carbocycles. The normalized spacial score (nSPS) is 12.6. The summed E-state index contributed by atoms with van der Waals surface area (Å²) in [6.07, 6.45) is 0. The Hall–Kier alpha value is -1.57. The molecule has 2 aromatic rings. The zero-order chi connectivity index (χ0) is 14.5. The average Bonchev–Trinajstić information content (AvgIpc) is 2.88. The van der Waals surface area contributed by atoms with Crippen LogP contribution in [0.25, 0.3) is 5.69 Å². The highest BCUT2D eigenvalue weighted by atomic mass is 35.5. The number of methoxy groups -OCH3 is 1. The number of tetrazole rings is 1. The summed E-state index contributed by atoms with van der Waals surface area (Å²) in [5.74, 6) is 0.0393. The van der Waals surface area contributed by atoms with Crippen molar-refractivity contribution in [1.29, 1.82) is 0 Å². The topological polar surface area (TPSA) is 64.9 Å². The van der Waals surface area contributed by atoms with Crippen molar-refractivity contribution in [2.75, 3.05) is 20.3 Å².